The molecular weight excluding hydrogens is 220 g/mol. The van der Waals surface area contributed by atoms with E-state index in [1.807, 2.05) is 24.3 Å². The first-order valence-corrected chi connectivity index (χ1v) is 5.30. The summed E-state index contributed by atoms with van der Waals surface area (Å²) in [6.07, 6.45) is 2.31. The Labute approximate surface area is 99.8 Å². The molecule has 2 rings (SSSR count). The molecule has 0 amide bonds. The monoisotopic (exact) mass is 234 g/mol. The summed E-state index contributed by atoms with van der Waals surface area (Å²) in [6.45, 7) is 0.382. The number of carbonyl (C=O) groups excluding carboxylic acids is 1. The lowest BCUT2D eigenvalue weighted by Gasteiger charge is -2.07. The highest BCUT2D eigenvalue weighted by molar-refractivity contribution is 5.78. The molecule has 1 heterocycles. The molecule has 1 aromatic carbocycles. The Morgan fingerprint density at radius 2 is 2.00 bits per heavy atom. The summed E-state index contributed by atoms with van der Waals surface area (Å²) < 4.78 is 15.2. The first kappa shape index (κ1) is 11.5. The second-order valence-corrected chi connectivity index (χ2v) is 3.75. The molecule has 0 radical (unpaired) electrons. The van der Waals surface area contributed by atoms with Crippen molar-refractivity contribution in [1.29, 1.82) is 0 Å². The van der Waals surface area contributed by atoms with Crippen LogP contribution in [0.25, 0.3) is 6.08 Å². The van der Waals surface area contributed by atoms with Crippen LogP contribution < -0.4 is 9.47 Å². The van der Waals surface area contributed by atoms with Crippen molar-refractivity contribution in [2.45, 2.75) is 6.42 Å². The molecule has 1 fully saturated rings. The zero-order chi connectivity index (χ0) is 12.3. The van der Waals surface area contributed by atoms with E-state index >= 15 is 0 Å². The van der Waals surface area contributed by atoms with E-state index in [0.717, 1.165) is 11.1 Å². The van der Waals surface area contributed by atoms with Gasteiger partial charge in [-0.1, -0.05) is 12.1 Å². The Morgan fingerprint density at radius 1 is 1.24 bits per heavy atom. The largest absolute Gasteiger partial charge is 0.493 e. The molecule has 0 bridgehead atoms. The van der Waals surface area contributed by atoms with Gasteiger partial charge < -0.3 is 14.2 Å². The van der Waals surface area contributed by atoms with Gasteiger partial charge in [0.05, 0.1) is 20.6 Å². The first-order valence-electron chi connectivity index (χ1n) is 5.30. The van der Waals surface area contributed by atoms with E-state index in [9.17, 15) is 4.79 Å². The van der Waals surface area contributed by atoms with Crippen LogP contribution in [0.3, 0.4) is 0 Å². The van der Waals surface area contributed by atoms with Crippen molar-refractivity contribution in [2.75, 3.05) is 20.8 Å². The first-order chi connectivity index (χ1) is 8.22. The Morgan fingerprint density at radius 3 is 2.59 bits per heavy atom. The lowest BCUT2D eigenvalue weighted by Crippen LogP contribution is -1.91. The van der Waals surface area contributed by atoms with Crippen molar-refractivity contribution in [1.82, 2.24) is 0 Å². The molecule has 0 saturated carbocycles. The second kappa shape index (κ2) is 4.91. The van der Waals surface area contributed by atoms with E-state index in [0.29, 0.717) is 24.5 Å². The van der Waals surface area contributed by atoms with Gasteiger partial charge in [0.1, 0.15) is 6.61 Å². The van der Waals surface area contributed by atoms with Crippen LogP contribution in [0.4, 0.5) is 0 Å². The molecule has 90 valence electrons. The van der Waals surface area contributed by atoms with E-state index in [2.05, 4.69) is 0 Å². The van der Waals surface area contributed by atoms with Gasteiger partial charge in [-0.2, -0.15) is 0 Å². The van der Waals surface area contributed by atoms with Crippen LogP contribution in [0.15, 0.2) is 23.8 Å². The van der Waals surface area contributed by atoms with Crippen molar-refractivity contribution < 1.29 is 19.0 Å². The van der Waals surface area contributed by atoms with Crippen LogP contribution in [0.1, 0.15) is 12.0 Å². The number of esters is 1. The smallest absolute Gasteiger partial charge is 0.310 e. The lowest BCUT2D eigenvalue weighted by atomic mass is 10.1. The molecule has 4 heteroatoms. The molecule has 0 unspecified atom stereocenters. The number of benzene rings is 1. The van der Waals surface area contributed by atoms with Crippen LogP contribution in [0.2, 0.25) is 0 Å². The number of cyclic esters (lactones) is 1. The average molecular weight is 234 g/mol. The van der Waals surface area contributed by atoms with Crippen LogP contribution in [-0.2, 0) is 9.53 Å². The maximum atomic E-state index is 11.0. The van der Waals surface area contributed by atoms with Crippen LogP contribution in [0, 0.1) is 0 Å². The summed E-state index contributed by atoms with van der Waals surface area (Å²) in [4.78, 5) is 11.0. The number of carbonyl (C=O) groups is 1. The minimum Gasteiger partial charge on any atom is -0.493 e. The van der Waals surface area contributed by atoms with E-state index in [4.69, 9.17) is 14.2 Å². The highest BCUT2D eigenvalue weighted by Gasteiger charge is 2.16. The van der Waals surface area contributed by atoms with E-state index in [1.54, 1.807) is 14.2 Å². The van der Waals surface area contributed by atoms with Crippen molar-refractivity contribution >= 4 is 12.0 Å². The summed E-state index contributed by atoms with van der Waals surface area (Å²) in [5.41, 5.74) is 1.94. The molecule has 0 spiro atoms. The Kier molecular flexibility index (Phi) is 3.32. The van der Waals surface area contributed by atoms with E-state index < -0.39 is 0 Å². The maximum Gasteiger partial charge on any atom is 0.310 e. The summed E-state index contributed by atoms with van der Waals surface area (Å²) in [6, 6.07) is 5.62. The average Bonchev–Trinajstić information content (AvgIpc) is 2.74. The van der Waals surface area contributed by atoms with Gasteiger partial charge in [0, 0.05) is 0 Å². The van der Waals surface area contributed by atoms with Crippen molar-refractivity contribution in [3.8, 4) is 11.5 Å². The van der Waals surface area contributed by atoms with Gasteiger partial charge in [-0.05, 0) is 23.3 Å². The van der Waals surface area contributed by atoms with Gasteiger partial charge in [0.25, 0.3) is 0 Å². The van der Waals surface area contributed by atoms with Crippen molar-refractivity contribution in [3.05, 3.63) is 29.3 Å². The standard InChI is InChI=1S/C13H14O4/c1-15-11-4-3-9(6-12(11)16-2)5-10-7-13(14)17-8-10/h3-6H,7-8H2,1-2H3. The highest BCUT2D eigenvalue weighted by atomic mass is 16.5. The van der Waals surface area contributed by atoms with Crippen LogP contribution in [0.5, 0.6) is 11.5 Å². The molecule has 1 aliphatic rings. The molecule has 17 heavy (non-hydrogen) atoms. The summed E-state index contributed by atoms with van der Waals surface area (Å²) in [5.74, 6) is 1.19. The summed E-state index contributed by atoms with van der Waals surface area (Å²) >= 11 is 0. The molecule has 1 aliphatic heterocycles. The second-order valence-electron chi connectivity index (χ2n) is 3.75. The molecule has 0 aromatic heterocycles. The van der Waals surface area contributed by atoms with Gasteiger partial charge in [0.15, 0.2) is 11.5 Å². The van der Waals surface area contributed by atoms with E-state index in [1.165, 1.54) is 0 Å². The third-order valence-corrected chi connectivity index (χ3v) is 2.57. The predicted molar refractivity (Wildman–Crippen MR) is 63.1 cm³/mol. The number of methoxy groups -OCH3 is 2. The molecule has 1 saturated heterocycles. The zero-order valence-electron chi connectivity index (χ0n) is 9.86. The minimum atomic E-state index is -0.170. The van der Waals surface area contributed by atoms with Crippen molar-refractivity contribution in [2.24, 2.45) is 0 Å². The lowest BCUT2D eigenvalue weighted by molar-refractivity contribution is -0.137. The summed E-state index contributed by atoms with van der Waals surface area (Å²) in [5, 5.41) is 0. The normalized spacial score (nSPS) is 17.1. The SMILES string of the molecule is COc1ccc(C=C2COC(=O)C2)cc1OC. The Hall–Kier alpha value is -1.97. The van der Waals surface area contributed by atoms with Crippen LogP contribution in [-0.4, -0.2) is 26.8 Å². The number of ether oxygens (including phenoxy) is 3. The number of hydrogen-bond donors (Lipinski definition) is 0. The highest BCUT2D eigenvalue weighted by Crippen LogP contribution is 2.29. The summed E-state index contributed by atoms with van der Waals surface area (Å²) in [7, 11) is 3.19. The minimum absolute atomic E-state index is 0.170. The molecule has 0 aliphatic carbocycles. The fourth-order valence-electron chi connectivity index (χ4n) is 1.73. The van der Waals surface area contributed by atoms with Gasteiger partial charge in [-0.3, -0.25) is 4.79 Å². The topological polar surface area (TPSA) is 44.8 Å². The quantitative estimate of drug-likeness (QED) is 0.751. The molecule has 0 N–H and O–H groups in total. The zero-order valence-corrected chi connectivity index (χ0v) is 9.86. The molecule has 1 aromatic rings. The van der Waals surface area contributed by atoms with Gasteiger partial charge in [-0.25, -0.2) is 0 Å². The fourth-order valence-corrected chi connectivity index (χ4v) is 1.73. The number of hydrogen-bond acceptors (Lipinski definition) is 4. The molecule has 0 atom stereocenters. The number of rotatable bonds is 3. The van der Waals surface area contributed by atoms with Crippen LogP contribution >= 0.6 is 0 Å². The van der Waals surface area contributed by atoms with E-state index in [-0.39, 0.29) is 5.97 Å². The Bertz CT molecular complexity index is 462. The molecule has 4 nitrogen and oxygen atoms in total. The van der Waals surface area contributed by atoms with Crippen molar-refractivity contribution in [3.63, 3.8) is 0 Å². The Balaban J connectivity index is 2.25. The predicted octanol–water partition coefficient (Wildman–Crippen LogP) is 2.03. The maximum absolute atomic E-state index is 11.0. The van der Waals surface area contributed by atoms with Gasteiger partial charge in [-0.15, -0.1) is 0 Å². The molecular formula is C13H14O4. The van der Waals surface area contributed by atoms with Gasteiger partial charge in [0.2, 0.25) is 0 Å². The van der Waals surface area contributed by atoms with Gasteiger partial charge >= 0.3 is 5.97 Å². The third kappa shape index (κ3) is 2.58. The third-order valence-electron chi connectivity index (χ3n) is 2.57. The fraction of sp³-hybridized carbons (Fsp3) is 0.308.